The zero-order chi connectivity index (χ0) is 14.9. The Kier molecular flexibility index (Phi) is 5.35. The topological polar surface area (TPSA) is 79.9 Å². The quantitative estimate of drug-likeness (QED) is 0.823. The Balaban J connectivity index is 1.63. The van der Waals surface area contributed by atoms with Crippen LogP contribution < -0.4 is 5.32 Å². The molecule has 0 aliphatic carbocycles. The average Bonchev–Trinajstić information content (AvgIpc) is 2.98. The normalized spacial score (nSPS) is 9.86. The Hall–Kier alpha value is -2.81. The van der Waals surface area contributed by atoms with E-state index in [4.69, 9.17) is 10.00 Å². The third kappa shape index (κ3) is 4.66. The number of carbonyl (C=O) groups excluding carboxylic acids is 1. The van der Waals surface area contributed by atoms with Crippen LogP contribution in [0, 0.1) is 11.3 Å². The monoisotopic (exact) mass is 284 g/mol. The van der Waals surface area contributed by atoms with Crippen LogP contribution in [-0.2, 0) is 17.9 Å². The zero-order valence-corrected chi connectivity index (χ0v) is 11.5. The number of aromatic nitrogens is 2. The third-order valence-electron chi connectivity index (χ3n) is 2.87. The number of hydrogen-bond acceptors (Lipinski definition) is 4. The molecule has 6 nitrogen and oxygen atoms in total. The molecule has 0 saturated heterocycles. The standard InChI is InChI=1S/C15H16N4O2/c16-11-14-17-8-10-19(14)9-4-7-18-15(20)21-12-13-5-2-1-3-6-13/h1-3,5-6,8,10H,4,7,9,12H2,(H,18,20). The first kappa shape index (κ1) is 14.6. The van der Waals surface area contributed by atoms with Crippen molar-refractivity contribution in [3.05, 3.63) is 54.1 Å². The summed E-state index contributed by atoms with van der Waals surface area (Å²) in [5.41, 5.74) is 0.949. The lowest BCUT2D eigenvalue weighted by molar-refractivity contribution is 0.139. The molecule has 0 saturated carbocycles. The van der Waals surface area contributed by atoms with E-state index >= 15 is 0 Å². The predicted octanol–water partition coefficient (Wildman–Crippen LogP) is 2.07. The van der Waals surface area contributed by atoms with Crippen LogP contribution in [0.5, 0.6) is 0 Å². The maximum Gasteiger partial charge on any atom is 0.407 e. The molecule has 0 aliphatic rings. The van der Waals surface area contributed by atoms with Crippen LogP contribution in [0.15, 0.2) is 42.7 Å². The molecule has 21 heavy (non-hydrogen) atoms. The lowest BCUT2D eigenvalue weighted by Gasteiger charge is -2.07. The highest BCUT2D eigenvalue weighted by Gasteiger charge is 2.03. The summed E-state index contributed by atoms with van der Waals surface area (Å²) in [6.07, 6.45) is 3.59. The van der Waals surface area contributed by atoms with E-state index in [2.05, 4.69) is 10.3 Å². The molecule has 0 aliphatic heterocycles. The van der Waals surface area contributed by atoms with Crippen LogP contribution >= 0.6 is 0 Å². The molecule has 2 rings (SSSR count). The smallest absolute Gasteiger partial charge is 0.407 e. The summed E-state index contributed by atoms with van der Waals surface area (Å²) < 4.78 is 6.84. The zero-order valence-electron chi connectivity index (χ0n) is 11.5. The van der Waals surface area contributed by atoms with E-state index in [1.165, 1.54) is 0 Å². The molecule has 1 heterocycles. The second-order valence-electron chi connectivity index (χ2n) is 4.40. The molecule has 2 aromatic rings. The maximum atomic E-state index is 11.5. The summed E-state index contributed by atoms with van der Waals surface area (Å²) in [5.74, 6) is 0.377. The highest BCUT2D eigenvalue weighted by molar-refractivity contribution is 5.67. The molecule has 0 fully saturated rings. The van der Waals surface area contributed by atoms with Gasteiger partial charge < -0.3 is 14.6 Å². The average molecular weight is 284 g/mol. The van der Waals surface area contributed by atoms with Gasteiger partial charge in [0.25, 0.3) is 0 Å². The first-order chi connectivity index (χ1) is 10.3. The molecule has 0 bridgehead atoms. The maximum absolute atomic E-state index is 11.5. The van der Waals surface area contributed by atoms with E-state index in [1.54, 1.807) is 17.0 Å². The summed E-state index contributed by atoms with van der Waals surface area (Å²) in [7, 11) is 0. The Morgan fingerprint density at radius 1 is 1.38 bits per heavy atom. The van der Waals surface area contributed by atoms with E-state index in [-0.39, 0.29) is 6.61 Å². The van der Waals surface area contributed by atoms with Crippen molar-refractivity contribution in [3.8, 4) is 6.07 Å². The van der Waals surface area contributed by atoms with Gasteiger partial charge in [-0.2, -0.15) is 5.26 Å². The van der Waals surface area contributed by atoms with Crippen molar-refractivity contribution >= 4 is 6.09 Å². The van der Waals surface area contributed by atoms with Gasteiger partial charge >= 0.3 is 6.09 Å². The highest BCUT2D eigenvalue weighted by atomic mass is 16.5. The van der Waals surface area contributed by atoms with Crippen molar-refractivity contribution in [2.75, 3.05) is 6.54 Å². The fourth-order valence-corrected chi connectivity index (χ4v) is 1.82. The molecule has 6 heteroatoms. The Morgan fingerprint density at radius 3 is 2.95 bits per heavy atom. The van der Waals surface area contributed by atoms with Crippen molar-refractivity contribution in [2.24, 2.45) is 0 Å². The molecular weight excluding hydrogens is 268 g/mol. The molecule has 0 atom stereocenters. The number of ether oxygens (including phenoxy) is 1. The first-order valence-corrected chi connectivity index (χ1v) is 6.65. The summed E-state index contributed by atoms with van der Waals surface area (Å²) in [6.45, 7) is 1.37. The van der Waals surface area contributed by atoms with Crippen molar-refractivity contribution in [1.29, 1.82) is 5.26 Å². The molecule has 0 spiro atoms. The first-order valence-electron chi connectivity index (χ1n) is 6.65. The number of amides is 1. The minimum Gasteiger partial charge on any atom is -0.445 e. The van der Waals surface area contributed by atoms with Gasteiger partial charge in [0.05, 0.1) is 0 Å². The number of alkyl carbamates (subject to hydrolysis) is 1. The second kappa shape index (κ2) is 7.70. The van der Waals surface area contributed by atoms with Crippen molar-refractivity contribution in [1.82, 2.24) is 14.9 Å². The van der Waals surface area contributed by atoms with Crippen LogP contribution in [0.1, 0.15) is 17.8 Å². The number of aryl methyl sites for hydroxylation is 1. The SMILES string of the molecule is N#Cc1nccn1CCCNC(=O)OCc1ccccc1. The number of imidazole rings is 1. The number of nitrogens with one attached hydrogen (secondary N) is 1. The van der Waals surface area contributed by atoms with Gasteiger partial charge in [0, 0.05) is 25.5 Å². The minimum atomic E-state index is -0.440. The van der Waals surface area contributed by atoms with Gasteiger partial charge in [-0.05, 0) is 12.0 Å². The molecule has 0 radical (unpaired) electrons. The fourth-order valence-electron chi connectivity index (χ4n) is 1.82. The Morgan fingerprint density at radius 2 is 2.19 bits per heavy atom. The van der Waals surface area contributed by atoms with E-state index in [0.717, 1.165) is 5.56 Å². The number of rotatable bonds is 6. The predicted molar refractivity (Wildman–Crippen MR) is 76.2 cm³/mol. The third-order valence-corrected chi connectivity index (χ3v) is 2.87. The largest absolute Gasteiger partial charge is 0.445 e. The number of benzene rings is 1. The molecule has 0 unspecified atom stereocenters. The van der Waals surface area contributed by atoms with Gasteiger partial charge in [-0.25, -0.2) is 9.78 Å². The summed E-state index contributed by atoms with van der Waals surface area (Å²) in [4.78, 5) is 15.4. The summed E-state index contributed by atoms with van der Waals surface area (Å²) in [6, 6.07) is 11.5. The summed E-state index contributed by atoms with van der Waals surface area (Å²) in [5, 5.41) is 11.5. The van der Waals surface area contributed by atoms with Gasteiger partial charge in [-0.1, -0.05) is 30.3 Å². The van der Waals surface area contributed by atoms with E-state index in [9.17, 15) is 4.79 Å². The van der Waals surface area contributed by atoms with Crippen LogP contribution in [0.2, 0.25) is 0 Å². The number of nitriles is 1. The van der Waals surface area contributed by atoms with Crippen LogP contribution in [-0.4, -0.2) is 22.2 Å². The van der Waals surface area contributed by atoms with Crippen LogP contribution in [0.4, 0.5) is 4.79 Å². The molecule has 108 valence electrons. The van der Waals surface area contributed by atoms with Crippen molar-refractivity contribution < 1.29 is 9.53 Å². The minimum absolute atomic E-state index is 0.257. The van der Waals surface area contributed by atoms with E-state index in [0.29, 0.717) is 25.3 Å². The number of hydrogen-bond donors (Lipinski definition) is 1. The molecule has 1 N–H and O–H groups in total. The highest BCUT2D eigenvalue weighted by Crippen LogP contribution is 2.01. The van der Waals surface area contributed by atoms with Gasteiger partial charge in [0.15, 0.2) is 0 Å². The van der Waals surface area contributed by atoms with Crippen LogP contribution in [0.25, 0.3) is 0 Å². The number of carbonyl (C=O) groups is 1. The van der Waals surface area contributed by atoms with Crippen molar-refractivity contribution in [2.45, 2.75) is 19.6 Å². The molecule has 1 aromatic carbocycles. The number of nitrogens with zero attached hydrogens (tertiary/aromatic N) is 3. The van der Waals surface area contributed by atoms with Gasteiger partial charge in [-0.3, -0.25) is 0 Å². The van der Waals surface area contributed by atoms with E-state index in [1.807, 2.05) is 36.4 Å². The lowest BCUT2D eigenvalue weighted by atomic mass is 10.2. The van der Waals surface area contributed by atoms with Gasteiger partial charge in [0.2, 0.25) is 5.82 Å². The summed E-state index contributed by atoms with van der Waals surface area (Å²) >= 11 is 0. The fraction of sp³-hybridized carbons (Fsp3) is 0.267. The molecule has 1 aromatic heterocycles. The van der Waals surface area contributed by atoms with Crippen LogP contribution in [0.3, 0.4) is 0 Å². The Labute approximate surface area is 123 Å². The Bertz CT molecular complexity index is 616. The lowest BCUT2D eigenvalue weighted by Crippen LogP contribution is -2.26. The van der Waals surface area contributed by atoms with Gasteiger partial charge in [-0.15, -0.1) is 0 Å². The molecular formula is C15H16N4O2. The van der Waals surface area contributed by atoms with Gasteiger partial charge in [0.1, 0.15) is 12.7 Å². The molecule has 1 amide bonds. The van der Waals surface area contributed by atoms with E-state index < -0.39 is 6.09 Å². The van der Waals surface area contributed by atoms with Crippen molar-refractivity contribution in [3.63, 3.8) is 0 Å². The second-order valence-corrected chi connectivity index (χ2v) is 4.40.